The zero-order valence-corrected chi connectivity index (χ0v) is 10.4. The quantitative estimate of drug-likeness (QED) is 0.861. The molecule has 1 aromatic carbocycles. The summed E-state index contributed by atoms with van der Waals surface area (Å²) >= 11 is 6.06. The SMILES string of the molecule is COc1ccc(C(C)(N)C(C)C)cc1Cl. The third-order valence-corrected chi connectivity index (χ3v) is 3.27. The highest BCUT2D eigenvalue weighted by molar-refractivity contribution is 6.32. The summed E-state index contributed by atoms with van der Waals surface area (Å²) in [6.45, 7) is 6.20. The molecular formula is C12H18ClNO. The lowest BCUT2D eigenvalue weighted by molar-refractivity contribution is 0.349. The molecule has 84 valence electrons. The van der Waals surface area contributed by atoms with Crippen LogP contribution in [0.5, 0.6) is 5.75 Å². The Morgan fingerprint density at radius 3 is 2.40 bits per heavy atom. The first-order valence-electron chi connectivity index (χ1n) is 5.02. The second-order valence-electron chi connectivity index (χ2n) is 4.29. The maximum atomic E-state index is 6.24. The van der Waals surface area contributed by atoms with Crippen molar-refractivity contribution in [2.45, 2.75) is 26.3 Å². The van der Waals surface area contributed by atoms with E-state index in [2.05, 4.69) is 13.8 Å². The first kappa shape index (κ1) is 12.3. The molecule has 3 heteroatoms. The van der Waals surface area contributed by atoms with E-state index in [0.29, 0.717) is 16.7 Å². The Kier molecular flexibility index (Phi) is 3.63. The van der Waals surface area contributed by atoms with E-state index in [9.17, 15) is 0 Å². The molecule has 0 saturated heterocycles. The van der Waals surface area contributed by atoms with E-state index in [1.165, 1.54) is 0 Å². The van der Waals surface area contributed by atoms with Gasteiger partial charge in [-0.3, -0.25) is 0 Å². The molecule has 0 heterocycles. The monoisotopic (exact) mass is 227 g/mol. The number of hydrogen-bond donors (Lipinski definition) is 1. The second kappa shape index (κ2) is 4.42. The number of methoxy groups -OCH3 is 1. The maximum Gasteiger partial charge on any atom is 0.137 e. The molecular weight excluding hydrogens is 210 g/mol. The molecule has 2 nitrogen and oxygen atoms in total. The van der Waals surface area contributed by atoms with E-state index < -0.39 is 0 Å². The molecule has 0 radical (unpaired) electrons. The molecule has 0 aliphatic heterocycles. The minimum Gasteiger partial charge on any atom is -0.495 e. The van der Waals surface area contributed by atoms with Crippen molar-refractivity contribution < 1.29 is 4.74 Å². The van der Waals surface area contributed by atoms with Gasteiger partial charge in [-0.25, -0.2) is 0 Å². The summed E-state index contributed by atoms with van der Waals surface area (Å²) in [6.07, 6.45) is 0. The van der Waals surface area contributed by atoms with Crippen molar-refractivity contribution in [3.8, 4) is 5.75 Å². The van der Waals surface area contributed by atoms with Crippen molar-refractivity contribution in [1.29, 1.82) is 0 Å². The van der Waals surface area contributed by atoms with Crippen LogP contribution in [0.25, 0.3) is 0 Å². The number of rotatable bonds is 3. The van der Waals surface area contributed by atoms with Gasteiger partial charge in [0.1, 0.15) is 5.75 Å². The Labute approximate surface area is 96.4 Å². The van der Waals surface area contributed by atoms with E-state index in [-0.39, 0.29) is 5.54 Å². The van der Waals surface area contributed by atoms with Crippen LogP contribution in [0, 0.1) is 5.92 Å². The van der Waals surface area contributed by atoms with Crippen LogP contribution in [0.2, 0.25) is 5.02 Å². The van der Waals surface area contributed by atoms with Gasteiger partial charge in [0.25, 0.3) is 0 Å². The molecule has 0 aromatic heterocycles. The van der Waals surface area contributed by atoms with Gasteiger partial charge < -0.3 is 10.5 Å². The maximum absolute atomic E-state index is 6.24. The molecule has 0 bridgehead atoms. The summed E-state index contributed by atoms with van der Waals surface area (Å²) in [5, 5.41) is 0.604. The fourth-order valence-corrected chi connectivity index (χ4v) is 1.59. The molecule has 2 N–H and O–H groups in total. The summed E-state index contributed by atoms with van der Waals surface area (Å²) in [5.41, 5.74) is 6.91. The summed E-state index contributed by atoms with van der Waals surface area (Å²) in [5.74, 6) is 1.03. The molecule has 1 unspecified atom stereocenters. The topological polar surface area (TPSA) is 35.2 Å². The van der Waals surface area contributed by atoms with Gasteiger partial charge in [-0.05, 0) is 30.5 Å². The van der Waals surface area contributed by atoms with Crippen LogP contribution in [0.3, 0.4) is 0 Å². The Morgan fingerprint density at radius 2 is 2.00 bits per heavy atom. The third kappa shape index (κ3) is 2.44. The zero-order valence-electron chi connectivity index (χ0n) is 9.67. The van der Waals surface area contributed by atoms with Crippen LogP contribution < -0.4 is 10.5 Å². The van der Waals surface area contributed by atoms with Gasteiger partial charge in [-0.2, -0.15) is 0 Å². The highest BCUT2D eigenvalue weighted by atomic mass is 35.5. The van der Waals surface area contributed by atoms with Gasteiger partial charge in [0.15, 0.2) is 0 Å². The predicted octanol–water partition coefficient (Wildman–Crippen LogP) is 3.18. The standard InChI is InChI=1S/C12H18ClNO/c1-8(2)12(3,14)9-5-6-11(15-4)10(13)7-9/h5-8H,14H2,1-4H3. The van der Waals surface area contributed by atoms with Gasteiger partial charge in [-0.1, -0.05) is 31.5 Å². The highest BCUT2D eigenvalue weighted by Gasteiger charge is 2.25. The smallest absolute Gasteiger partial charge is 0.137 e. The minimum absolute atomic E-state index is 0.349. The van der Waals surface area contributed by atoms with Crippen molar-refractivity contribution >= 4 is 11.6 Å². The van der Waals surface area contributed by atoms with Gasteiger partial charge in [-0.15, -0.1) is 0 Å². The fourth-order valence-electron chi connectivity index (χ4n) is 1.33. The average molecular weight is 228 g/mol. The molecule has 1 rings (SSSR count). The molecule has 0 aliphatic carbocycles. The van der Waals surface area contributed by atoms with E-state index >= 15 is 0 Å². The van der Waals surface area contributed by atoms with Crippen LogP contribution in [0.15, 0.2) is 18.2 Å². The lowest BCUT2D eigenvalue weighted by Crippen LogP contribution is -2.38. The lowest BCUT2D eigenvalue weighted by atomic mass is 9.83. The first-order chi connectivity index (χ1) is 6.89. The van der Waals surface area contributed by atoms with Crippen molar-refractivity contribution in [3.63, 3.8) is 0 Å². The number of nitrogens with two attached hydrogens (primary N) is 1. The summed E-state index contributed by atoms with van der Waals surface area (Å²) < 4.78 is 5.10. The van der Waals surface area contributed by atoms with Crippen LogP contribution in [0.1, 0.15) is 26.3 Å². The molecule has 0 amide bonds. The van der Waals surface area contributed by atoms with E-state index in [1.807, 2.05) is 25.1 Å². The Balaban J connectivity index is 3.12. The van der Waals surface area contributed by atoms with Crippen LogP contribution in [-0.2, 0) is 5.54 Å². The molecule has 0 saturated carbocycles. The highest BCUT2D eigenvalue weighted by Crippen LogP contribution is 2.32. The van der Waals surface area contributed by atoms with Crippen LogP contribution >= 0.6 is 11.6 Å². The Morgan fingerprint density at radius 1 is 1.40 bits per heavy atom. The van der Waals surface area contributed by atoms with Crippen LogP contribution in [0.4, 0.5) is 0 Å². The number of benzene rings is 1. The van der Waals surface area contributed by atoms with Crippen LogP contribution in [-0.4, -0.2) is 7.11 Å². The van der Waals surface area contributed by atoms with Gasteiger partial charge in [0.05, 0.1) is 12.1 Å². The molecule has 0 spiro atoms. The molecule has 1 aromatic rings. The van der Waals surface area contributed by atoms with Gasteiger partial charge in [0.2, 0.25) is 0 Å². The lowest BCUT2D eigenvalue weighted by Gasteiger charge is -2.30. The van der Waals surface area contributed by atoms with Gasteiger partial charge in [0, 0.05) is 5.54 Å². The number of hydrogen-bond acceptors (Lipinski definition) is 2. The fraction of sp³-hybridized carbons (Fsp3) is 0.500. The summed E-state index contributed by atoms with van der Waals surface area (Å²) in [7, 11) is 1.60. The average Bonchev–Trinajstić information content (AvgIpc) is 2.17. The molecule has 15 heavy (non-hydrogen) atoms. The third-order valence-electron chi connectivity index (χ3n) is 2.97. The largest absolute Gasteiger partial charge is 0.495 e. The number of ether oxygens (including phenoxy) is 1. The summed E-state index contributed by atoms with van der Waals surface area (Å²) in [6, 6.07) is 5.69. The van der Waals surface area contributed by atoms with Crippen molar-refractivity contribution in [2.75, 3.05) is 7.11 Å². The van der Waals surface area contributed by atoms with E-state index in [1.54, 1.807) is 7.11 Å². The minimum atomic E-state index is -0.365. The van der Waals surface area contributed by atoms with Crippen molar-refractivity contribution in [3.05, 3.63) is 28.8 Å². The molecule has 0 aliphatic rings. The number of halogens is 1. The van der Waals surface area contributed by atoms with E-state index in [0.717, 1.165) is 5.56 Å². The normalized spacial score (nSPS) is 15.1. The summed E-state index contributed by atoms with van der Waals surface area (Å²) in [4.78, 5) is 0. The Bertz CT molecular complexity index is 347. The predicted molar refractivity (Wildman–Crippen MR) is 64.4 cm³/mol. The Hall–Kier alpha value is -0.730. The van der Waals surface area contributed by atoms with Gasteiger partial charge >= 0.3 is 0 Å². The van der Waals surface area contributed by atoms with Crippen molar-refractivity contribution in [2.24, 2.45) is 11.7 Å². The van der Waals surface area contributed by atoms with E-state index in [4.69, 9.17) is 22.1 Å². The van der Waals surface area contributed by atoms with Crippen molar-refractivity contribution in [1.82, 2.24) is 0 Å². The zero-order chi connectivity index (χ0) is 11.6. The second-order valence-corrected chi connectivity index (χ2v) is 4.69. The molecule has 0 fully saturated rings. The first-order valence-corrected chi connectivity index (χ1v) is 5.40. The molecule has 1 atom stereocenters.